The number of carbonyl (C=O) groups excluding carboxylic acids is 1. The van der Waals surface area contributed by atoms with Crippen LogP contribution in [0.5, 0.6) is 0 Å². The molecule has 3 heterocycles. The maximum Gasteiger partial charge on any atom is 0.362 e. The number of hydrogen-bond acceptors (Lipinski definition) is 12. The van der Waals surface area contributed by atoms with Gasteiger partial charge in [-0.05, 0) is 12.1 Å². The van der Waals surface area contributed by atoms with Gasteiger partial charge in [0.1, 0.15) is 30.2 Å². The second-order valence-electron chi connectivity index (χ2n) is 6.89. The van der Waals surface area contributed by atoms with Crippen LogP contribution in [-0.4, -0.2) is 69.0 Å². The Hall–Kier alpha value is -3.37. The quantitative estimate of drug-likeness (QED) is 0.257. The van der Waals surface area contributed by atoms with E-state index in [4.69, 9.17) is 20.4 Å². The Kier molecular flexibility index (Phi) is 5.66. The van der Waals surface area contributed by atoms with Gasteiger partial charge in [0.25, 0.3) is 5.91 Å². The first-order chi connectivity index (χ1) is 15.2. The molecule has 1 aromatic carbocycles. The second-order valence-corrected chi connectivity index (χ2v) is 8.23. The predicted molar refractivity (Wildman–Crippen MR) is 109 cm³/mol. The molecule has 32 heavy (non-hydrogen) atoms. The topological polar surface area (TPSA) is 218 Å². The average Bonchev–Trinajstić information content (AvgIpc) is 3.29. The lowest BCUT2D eigenvalue weighted by Crippen LogP contribution is -2.38. The molecule has 15 heteroatoms. The summed E-state index contributed by atoms with van der Waals surface area (Å²) in [6, 6.07) is 5.88. The van der Waals surface area contributed by atoms with Crippen LogP contribution in [0.1, 0.15) is 16.6 Å². The smallest absolute Gasteiger partial charge is 0.362 e. The van der Waals surface area contributed by atoms with Gasteiger partial charge in [-0.15, -0.1) is 0 Å². The van der Waals surface area contributed by atoms with Crippen LogP contribution in [-0.2, 0) is 19.2 Å². The van der Waals surface area contributed by atoms with Crippen molar-refractivity contribution in [3.63, 3.8) is 0 Å². The van der Waals surface area contributed by atoms with Crippen LogP contribution in [0.2, 0.25) is 0 Å². The fraction of sp³-hybridized carbons (Fsp3) is 0.294. The molecule has 0 aliphatic carbocycles. The van der Waals surface area contributed by atoms with Gasteiger partial charge in [-0.2, -0.15) is 8.42 Å². The number of aliphatic hydroxyl groups is 2. The predicted octanol–water partition coefficient (Wildman–Crippen LogP) is -1.70. The molecule has 4 rings (SSSR count). The standard InChI is InChI=1S/C17H19N7O7S/c18-9-4-2-1-3-8(9)16(27)23-32(28,29)30-5-10-12(25)13(26)17(31-10)24-7-22-11-14(19)20-6-21-15(11)24/h1-4,6-7,10,12-13,17,25-26H,5,18H2,(H,23,27)(H2,19,20,21)/t10?,12-,13-,17?/m1/s1. The summed E-state index contributed by atoms with van der Waals surface area (Å²) >= 11 is 0. The molecule has 4 atom stereocenters. The molecule has 0 radical (unpaired) electrons. The first kappa shape index (κ1) is 21.8. The van der Waals surface area contributed by atoms with Crippen molar-refractivity contribution in [2.75, 3.05) is 18.1 Å². The van der Waals surface area contributed by atoms with Crippen LogP contribution in [0.15, 0.2) is 36.9 Å². The number of hydrogen-bond donors (Lipinski definition) is 5. The minimum atomic E-state index is -4.57. The molecule has 0 saturated carbocycles. The maximum absolute atomic E-state index is 12.2. The molecular weight excluding hydrogens is 446 g/mol. The van der Waals surface area contributed by atoms with Gasteiger partial charge in [0.05, 0.1) is 18.5 Å². The van der Waals surface area contributed by atoms with E-state index in [1.165, 1.54) is 35.4 Å². The monoisotopic (exact) mass is 465 g/mol. The lowest BCUT2D eigenvalue weighted by Gasteiger charge is -2.16. The molecule has 170 valence electrons. The number of fused-ring (bicyclic) bond motifs is 1. The molecule has 3 aromatic rings. The molecule has 1 saturated heterocycles. The molecule has 0 spiro atoms. The second kappa shape index (κ2) is 8.29. The normalized spacial score (nSPS) is 23.4. The van der Waals surface area contributed by atoms with Crippen LogP contribution in [0.25, 0.3) is 11.2 Å². The Morgan fingerprint density at radius 1 is 1.19 bits per heavy atom. The zero-order chi connectivity index (χ0) is 23.0. The van der Waals surface area contributed by atoms with Crippen molar-refractivity contribution in [2.45, 2.75) is 24.5 Å². The molecule has 2 aromatic heterocycles. The van der Waals surface area contributed by atoms with Crippen LogP contribution >= 0.6 is 0 Å². The summed E-state index contributed by atoms with van der Waals surface area (Å²) in [6.45, 7) is -0.689. The van der Waals surface area contributed by atoms with Gasteiger partial charge in [-0.3, -0.25) is 13.5 Å². The Bertz CT molecular complexity index is 1270. The molecule has 7 N–H and O–H groups in total. The molecular formula is C17H19N7O7S. The van der Waals surface area contributed by atoms with Gasteiger partial charge in [-0.1, -0.05) is 12.1 Å². The molecule has 1 fully saturated rings. The van der Waals surface area contributed by atoms with Crippen molar-refractivity contribution in [1.29, 1.82) is 0 Å². The first-order valence-electron chi connectivity index (χ1n) is 9.18. The molecule has 1 aliphatic heterocycles. The number of anilines is 2. The molecule has 2 unspecified atom stereocenters. The number of aromatic nitrogens is 4. The molecule has 1 amide bonds. The summed E-state index contributed by atoms with van der Waals surface area (Å²) in [5, 5.41) is 20.7. The molecule has 14 nitrogen and oxygen atoms in total. The average molecular weight is 465 g/mol. The highest BCUT2D eigenvalue weighted by Gasteiger charge is 2.45. The summed E-state index contributed by atoms with van der Waals surface area (Å²) in [5.41, 5.74) is 11.9. The fourth-order valence-corrected chi connectivity index (χ4v) is 3.92. The van der Waals surface area contributed by atoms with Gasteiger partial charge in [0, 0.05) is 5.69 Å². The third-order valence-electron chi connectivity index (χ3n) is 4.81. The maximum atomic E-state index is 12.2. The van der Waals surface area contributed by atoms with E-state index in [9.17, 15) is 23.4 Å². The molecule has 0 bridgehead atoms. The van der Waals surface area contributed by atoms with Crippen molar-refractivity contribution in [3.05, 3.63) is 42.5 Å². The van der Waals surface area contributed by atoms with Crippen molar-refractivity contribution in [3.8, 4) is 0 Å². The Labute approximate surface area is 181 Å². The van der Waals surface area contributed by atoms with Crippen molar-refractivity contribution in [2.24, 2.45) is 0 Å². The van der Waals surface area contributed by atoms with Gasteiger partial charge in [0.15, 0.2) is 17.7 Å². The third-order valence-corrected chi connectivity index (χ3v) is 5.69. The summed E-state index contributed by atoms with van der Waals surface area (Å²) < 4.78 is 37.7. The number of para-hydroxylation sites is 1. The first-order valence-corrected chi connectivity index (χ1v) is 10.6. The SMILES string of the molecule is Nc1ccccc1C(=O)NS(=O)(=O)OCC1OC(n2cnc3c(N)ncnc32)[C@H](O)[C@@H]1O. The van der Waals surface area contributed by atoms with E-state index in [1.54, 1.807) is 10.8 Å². The largest absolute Gasteiger partial charge is 0.398 e. The van der Waals surface area contributed by atoms with E-state index in [0.29, 0.717) is 0 Å². The van der Waals surface area contributed by atoms with E-state index >= 15 is 0 Å². The third kappa shape index (κ3) is 4.06. The number of ether oxygens (including phenoxy) is 1. The van der Waals surface area contributed by atoms with Gasteiger partial charge < -0.3 is 26.4 Å². The number of nitrogens with one attached hydrogen (secondary N) is 1. The molecule has 1 aliphatic rings. The van der Waals surface area contributed by atoms with E-state index < -0.39 is 47.4 Å². The van der Waals surface area contributed by atoms with Crippen molar-refractivity contribution < 1.29 is 32.3 Å². The Morgan fingerprint density at radius 2 is 1.94 bits per heavy atom. The lowest BCUT2D eigenvalue weighted by molar-refractivity contribution is -0.0468. The zero-order valence-corrected chi connectivity index (χ0v) is 17.1. The number of benzene rings is 1. The van der Waals surface area contributed by atoms with Crippen molar-refractivity contribution in [1.82, 2.24) is 24.2 Å². The zero-order valence-electron chi connectivity index (χ0n) is 16.3. The van der Waals surface area contributed by atoms with E-state index in [1.807, 2.05) is 0 Å². The van der Waals surface area contributed by atoms with E-state index in [2.05, 4.69) is 15.0 Å². The van der Waals surface area contributed by atoms with Crippen LogP contribution in [0, 0.1) is 0 Å². The van der Waals surface area contributed by atoms with Crippen LogP contribution in [0.4, 0.5) is 11.5 Å². The lowest BCUT2D eigenvalue weighted by atomic mass is 10.1. The fourth-order valence-electron chi connectivity index (χ4n) is 3.21. The Morgan fingerprint density at radius 3 is 2.69 bits per heavy atom. The van der Waals surface area contributed by atoms with Gasteiger partial charge in [0.2, 0.25) is 0 Å². The number of imidazole rings is 1. The van der Waals surface area contributed by atoms with Crippen LogP contribution < -0.4 is 16.2 Å². The number of nitrogens with two attached hydrogens (primary N) is 2. The summed E-state index contributed by atoms with van der Waals surface area (Å²) in [4.78, 5) is 24.1. The number of rotatable bonds is 6. The number of aliphatic hydroxyl groups excluding tert-OH is 2. The van der Waals surface area contributed by atoms with E-state index in [-0.39, 0.29) is 28.2 Å². The number of nitrogen functional groups attached to an aromatic ring is 2. The summed E-state index contributed by atoms with van der Waals surface area (Å²) in [7, 11) is -4.57. The highest BCUT2D eigenvalue weighted by Crippen LogP contribution is 2.32. The van der Waals surface area contributed by atoms with Gasteiger partial charge in [-0.25, -0.2) is 19.7 Å². The Balaban J connectivity index is 1.44. The van der Waals surface area contributed by atoms with Crippen LogP contribution in [0.3, 0.4) is 0 Å². The van der Waals surface area contributed by atoms with Gasteiger partial charge >= 0.3 is 10.3 Å². The number of amides is 1. The summed E-state index contributed by atoms with van der Waals surface area (Å²) in [5.74, 6) is -0.876. The number of nitrogens with zero attached hydrogens (tertiary/aromatic N) is 4. The highest BCUT2D eigenvalue weighted by molar-refractivity contribution is 7.85. The van der Waals surface area contributed by atoms with E-state index in [0.717, 1.165) is 0 Å². The van der Waals surface area contributed by atoms with Crippen molar-refractivity contribution >= 4 is 38.9 Å². The summed E-state index contributed by atoms with van der Waals surface area (Å²) in [6.07, 6.45) is -2.88. The number of carbonyl (C=O) groups is 1. The minimum Gasteiger partial charge on any atom is -0.398 e. The highest BCUT2D eigenvalue weighted by atomic mass is 32.2. The minimum absolute atomic E-state index is 0.0550.